The second-order valence-electron chi connectivity index (χ2n) is 11.1. The van der Waals surface area contributed by atoms with E-state index in [1.165, 1.54) is 0 Å². The number of carboxylic acids is 1. The first-order valence-corrected chi connectivity index (χ1v) is 12.8. The van der Waals surface area contributed by atoms with Crippen molar-refractivity contribution < 1.29 is 29.0 Å². The quantitative estimate of drug-likeness (QED) is 0.326. The molecule has 0 aromatic heterocycles. The minimum absolute atomic E-state index is 0.0289. The van der Waals surface area contributed by atoms with Gasteiger partial charge >= 0.3 is 18.2 Å². The zero-order chi connectivity index (χ0) is 26.6. The van der Waals surface area contributed by atoms with Crippen LogP contribution in [-0.4, -0.2) is 118 Å². The van der Waals surface area contributed by atoms with E-state index < -0.39 is 23.7 Å². The number of hydrogen-bond donors (Lipinski definition) is 3. The molecule has 0 aromatic carbocycles. The number of carbonyl (C=O) groups is 3. The number of ether oxygens (including phenoxy) is 2. The first kappa shape index (κ1) is 28.0. The third-order valence-electron chi connectivity index (χ3n) is 7.20. The van der Waals surface area contributed by atoms with Gasteiger partial charge in [-0.05, 0) is 59.3 Å². The Bertz CT molecular complexity index is 824. The van der Waals surface area contributed by atoms with Gasteiger partial charge in [0.15, 0.2) is 6.23 Å². The summed E-state index contributed by atoms with van der Waals surface area (Å²) in [5, 5.41) is 17.0. The van der Waals surface area contributed by atoms with Gasteiger partial charge in [-0.1, -0.05) is 0 Å². The fraction of sp³-hybridized carbons (Fsp3) is 0.833. The monoisotopic (exact) mass is 510 g/mol. The normalized spacial score (nSPS) is 28.2. The standard InChI is InChI=1S/C24H42N6O6/c1-16-21(28-12-10-27(11-13-28)15-19(31)32)35-22(33)29(16)8-5-6-17-7-9-30(18(14-17)20(25)26)23(34)36-24(2,3)4/h16-18,21H,5-15H2,1-4H3,(H3,25,26)(H,31,32). The topological polar surface area (TPSA) is 153 Å². The van der Waals surface area contributed by atoms with Gasteiger partial charge in [0.25, 0.3) is 0 Å². The number of carboxylic acid groups (broad SMARTS) is 1. The van der Waals surface area contributed by atoms with Gasteiger partial charge in [-0.15, -0.1) is 0 Å². The average molecular weight is 511 g/mol. The molecule has 2 amide bonds. The van der Waals surface area contributed by atoms with Crippen molar-refractivity contribution in [1.29, 1.82) is 5.41 Å². The molecule has 3 rings (SSSR count). The van der Waals surface area contributed by atoms with E-state index in [1.807, 2.05) is 32.6 Å². The predicted octanol–water partition coefficient (Wildman–Crippen LogP) is 1.59. The van der Waals surface area contributed by atoms with Crippen molar-refractivity contribution in [2.24, 2.45) is 11.7 Å². The highest BCUT2D eigenvalue weighted by molar-refractivity contribution is 5.86. The average Bonchev–Trinajstić information content (AvgIpc) is 3.06. The van der Waals surface area contributed by atoms with Gasteiger partial charge in [-0.25, -0.2) is 9.59 Å². The third-order valence-corrected chi connectivity index (χ3v) is 7.20. The van der Waals surface area contributed by atoms with Gasteiger partial charge in [0, 0.05) is 39.3 Å². The van der Waals surface area contributed by atoms with Crippen LogP contribution >= 0.6 is 0 Å². The van der Waals surface area contributed by atoms with Gasteiger partial charge < -0.3 is 25.2 Å². The Morgan fingerprint density at radius 2 is 1.86 bits per heavy atom. The predicted molar refractivity (Wildman–Crippen MR) is 133 cm³/mol. The van der Waals surface area contributed by atoms with E-state index in [9.17, 15) is 14.4 Å². The molecule has 204 valence electrons. The highest BCUT2D eigenvalue weighted by Crippen LogP contribution is 2.29. The third kappa shape index (κ3) is 7.22. The molecule has 0 bridgehead atoms. The molecule has 0 saturated carbocycles. The minimum atomic E-state index is -0.833. The van der Waals surface area contributed by atoms with E-state index in [2.05, 4.69) is 4.90 Å². The molecule has 0 spiro atoms. The first-order chi connectivity index (χ1) is 16.9. The van der Waals surface area contributed by atoms with Crippen molar-refractivity contribution >= 4 is 24.0 Å². The van der Waals surface area contributed by atoms with Crippen molar-refractivity contribution in [3.63, 3.8) is 0 Å². The molecule has 3 fully saturated rings. The van der Waals surface area contributed by atoms with Crippen LogP contribution < -0.4 is 5.73 Å². The van der Waals surface area contributed by atoms with Crippen LogP contribution in [-0.2, 0) is 14.3 Å². The second-order valence-corrected chi connectivity index (χ2v) is 11.1. The number of nitrogens with one attached hydrogen (secondary N) is 1. The maximum atomic E-state index is 12.6. The lowest BCUT2D eigenvalue weighted by atomic mass is 9.87. The smallest absolute Gasteiger partial charge is 0.411 e. The van der Waals surface area contributed by atoms with Crippen LogP contribution in [0.1, 0.15) is 53.4 Å². The summed E-state index contributed by atoms with van der Waals surface area (Å²) in [6.45, 7) is 11.1. The number of rotatable bonds is 8. The number of amides is 2. The number of nitrogens with two attached hydrogens (primary N) is 1. The summed E-state index contributed by atoms with van der Waals surface area (Å²) in [7, 11) is 0. The largest absolute Gasteiger partial charge is 0.480 e. The molecule has 0 aliphatic carbocycles. The Morgan fingerprint density at radius 3 is 2.44 bits per heavy atom. The van der Waals surface area contributed by atoms with Crippen LogP contribution in [0.2, 0.25) is 0 Å². The summed E-state index contributed by atoms with van der Waals surface area (Å²) in [6.07, 6.45) is 1.97. The van der Waals surface area contributed by atoms with Crippen molar-refractivity contribution in [1.82, 2.24) is 19.6 Å². The molecule has 3 aliphatic heterocycles. The molecule has 3 heterocycles. The van der Waals surface area contributed by atoms with E-state index in [0.29, 0.717) is 51.6 Å². The van der Waals surface area contributed by atoms with Crippen molar-refractivity contribution in [3.8, 4) is 0 Å². The molecule has 12 heteroatoms. The number of piperazine rings is 1. The van der Waals surface area contributed by atoms with Gasteiger partial charge in [-0.2, -0.15) is 0 Å². The minimum Gasteiger partial charge on any atom is -0.480 e. The Kier molecular flexibility index (Phi) is 9.04. The van der Waals surface area contributed by atoms with Gasteiger partial charge in [0.2, 0.25) is 0 Å². The molecule has 0 radical (unpaired) electrons. The number of likely N-dealkylation sites (tertiary alicyclic amines) is 1. The number of nitrogens with zero attached hydrogens (tertiary/aromatic N) is 4. The first-order valence-electron chi connectivity index (χ1n) is 12.8. The molecule has 3 aliphatic rings. The number of piperidine rings is 1. The van der Waals surface area contributed by atoms with Crippen LogP contribution in [0.5, 0.6) is 0 Å². The molecule has 3 saturated heterocycles. The van der Waals surface area contributed by atoms with E-state index in [4.69, 9.17) is 25.7 Å². The van der Waals surface area contributed by atoms with E-state index in [1.54, 1.807) is 9.80 Å². The fourth-order valence-electron chi connectivity index (χ4n) is 5.32. The summed E-state index contributed by atoms with van der Waals surface area (Å²) in [6, 6.07) is -0.569. The van der Waals surface area contributed by atoms with Crippen LogP contribution in [0, 0.1) is 11.3 Å². The molecule has 4 N–H and O–H groups in total. The lowest BCUT2D eigenvalue weighted by Gasteiger charge is -2.39. The summed E-state index contributed by atoms with van der Waals surface area (Å²) >= 11 is 0. The highest BCUT2D eigenvalue weighted by atomic mass is 16.6. The number of carbonyl (C=O) groups excluding carboxylic acids is 2. The Hall–Kier alpha value is -2.60. The summed E-state index contributed by atoms with van der Waals surface area (Å²) < 4.78 is 11.2. The fourth-order valence-corrected chi connectivity index (χ4v) is 5.32. The summed E-state index contributed by atoms with van der Waals surface area (Å²) in [4.78, 5) is 43.4. The van der Waals surface area contributed by atoms with Crippen LogP contribution in [0.15, 0.2) is 0 Å². The van der Waals surface area contributed by atoms with Crippen LogP contribution in [0.25, 0.3) is 0 Å². The summed E-state index contributed by atoms with van der Waals surface area (Å²) in [5.41, 5.74) is 5.22. The van der Waals surface area contributed by atoms with Gasteiger partial charge in [-0.3, -0.25) is 24.9 Å². The van der Waals surface area contributed by atoms with Gasteiger partial charge in [0.05, 0.1) is 18.6 Å². The van der Waals surface area contributed by atoms with Crippen molar-refractivity contribution in [2.45, 2.75) is 77.3 Å². The van der Waals surface area contributed by atoms with E-state index >= 15 is 0 Å². The van der Waals surface area contributed by atoms with Crippen LogP contribution in [0.4, 0.5) is 9.59 Å². The molecule has 4 atom stereocenters. The molecular weight excluding hydrogens is 468 g/mol. The lowest BCUT2D eigenvalue weighted by molar-refractivity contribution is -0.139. The molecule has 0 aromatic rings. The maximum absolute atomic E-state index is 12.6. The Morgan fingerprint density at radius 1 is 1.19 bits per heavy atom. The Labute approximate surface area is 213 Å². The maximum Gasteiger partial charge on any atom is 0.411 e. The zero-order valence-corrected chi connectivity index (χ0v) is 21.9. The van der Waals surface area contributed by atoms with E-state index in [-0.39, 0.29) is 30.7 Å². The van der Waals surface area contributed by atoms with E-state index in [0.717, 1.165) is 19.3 Å². The van der Waals surface area contributed by atoms with Crippen molar-refractivity contribution in [2.75, 3.05) is 45.8 Å². The number of cyclic esters (lactones) is 1. The zero-order valence-electron chi connectivity index (χ0n) is 21.9. The van der Waals surface area contributed by atoms with Crippen molar-refractivity contribution in [3.05, 3.63) is 0 Å². The highest BCUT2D eigenvalue weighted by Gasteiger charge is 2.43. The Balaban J connectivity index is 1.46. The number of amidine groups is 1. The van der Waals surface area contributed by atoms with Crippen LogP contribution in [0.3, 0.4) is 0 Å². The number of hydrogen-bond acceptors (Lipinski definition) is 8. The second kappa shape index (κ2) is 11.6. The summed E-state index contributed by atoms with van der Waals surface area (Å²) in [5.74, 6) is -0.571. The molecule has 12 nitrogen and oxygen atoms in total. The van der Waals surface area contributed by atoms with Gasteiger partial charge in [0.1, 0.15) is 11.4 Å². The molecule has 4 unspecified atom stereocenters. The molecular formula is C24H42N6O6. The lowest BCUT2D eigenvalue weighted by Crippen LogP contribution is -2.54. The molecule has 36 heavy (non-hydrogen) atoms. The SMILES string of the molecule is CC1C(N2CCN(CC(=O)O)CC2)OC(=O)N1CCCC1CCN(C(=O)OC(C)(C)C)C(C(=N)N)C1. The number of aliphatic carboxylic acids is 1.